The Morgan fingerprint density at radius 1 is 1.38 bits per heavy atom. The smallest absolute Gasteiger partial charge is 0.388 e. The minimum absolute atomic E-state index is 0.0685. The number of alkyl halides is 3. The Morgan fingerprint density at radius 2 is 2.14 bits per heavy atom. The monoisotopic (exact) mass is 301 g/mol. The molecule has 4 atom stereocenters. The minimum Gasteiger partial charge on any atom is -0.388 e. The van der Waals surface area contributed by atoms with Gasteiger partial charge in [0.2, 0.25) is 0 Å². The van der Waals surface area contributed by atoms with Crippen molar-refractivity contribution in [3.63, 3.8) is 0 Å². The summed E-state index contributed by atoms with van der Waals surface area (Å²) in [7, 11) is 0. The number of ether oxygens (including phenoxy) is 1. The van der Waals surface area contributed by atoms with E-state index in [1.807, 2.05) is 0 Å². The summed E-state index contributed by atoms with van der Waals surface area (Å²) in [5.74, 6) is 0. The Labute approximate surface area is 120 Å². The number of halogens is 3. The van der Waals surface area contributed by atoms with Gasteiger partial charge in [0.15, 0.2) is 0 Å². The van der Waals surface area contributed by atoms with Crippen LogP contribution >= 0.6 is 0 Å². The summed E-state index contributed by atoms with van der Waals surface area (Å²) in [5.41, 5.74) is 4.68. The van der Waals surface area contributed by atoms with Crippen LogP contribution in [0.2, 0.25) is 0 Å². The van der Waals surface area contributed by atoms with Crippen molar-refractivity contribution >= 4 is 0 Å². The zero-order valence-corrected chi connectivity index (χ0v) is 11.4. The lowest BCUT2D eigenvalue weighted by Gasteiger charge is -2.38. The van der Waals surface area contributed by atoms with Crippen molar-refractivity contribution in [1.82, 2.24) is 0 Å². The predicted molar refractivity (Wildman–Crippen MR) is 70.4 cm³/mol. The van der Waals surface area contributed by atoms with Crippen molar-refractivity contribution in [2.75, 3.05) is 6.54 Å². The summed E-state index contributed by atoms with van der Waals surface area (Å²) in [6.45, 7) is 0.200. The van der Waals surface area contributed by atoms with Gasteiger partial charge < -0.3 is 15.6 Å². The molecule has 2 aliphatic heterocycles. The molecule has 1 aromatic carbocycles. The second kappa shape index (κ2) is 4.97. The zero-order chi connectivity index (χ0) is 15.3. The summed E-state index contributed by atoms with van der Waals surface area (Å²) in [6, 6.07) is 4.85. The number of fused-ring (bicyclic) bond motifs is 2. The maximum Gasteiger partial charge on any atom is 0.416 e. The van der Waals surface area contributed by atoms with E-state index in [4.69, 9.17) is 10.5 Å². The van der Waals surface area contributed by atoms with Gasteiger partial charge in [0.1, 0.15) is 0 Å². The number of hydrogen-bond acceptors (Lipinski definition) is 3. The van der Waals surface area contributed by atoms with Crippen molar-refractivity contribution in [2.45, 2.75) is 43.8 Å². The molecule has 116 valence electrons. The highest BCUT2D eigenvalue weighted by Gasteiger charge is 2.55. The van der Waals surface area contributed by atoms with Gasteiger partial charge in [-0.25, -0.2) is 0 Å². The standard InChI is InChI=1S/C15H18F3NO2/c16-15(17,18)10-3-1-2-9(6-10)13(20)14(8-19)7-11-4-5-12(14)21-11/h1-3,6,11-13,20H,4-5,7-8,19H2. The maximum absolute atomic E-state index is 12.8. The molecule has 1 aromatic rings. The molecule has 4 unspecified atom stereocenters. The fourth-order valence-electron chi connectivity index (χ4n) is 3.67. The van der Waals surface area contributed by atoms with Crippen LogP contribution in [-0.4, -0.2) is 23.9 Å². The molecule has 0 saturated carbocycles. The van der Waals surface area contributed by atoms with Gasteiger partial charge in [0.25, 0.3) is 0 Å². The average Bonchev–Trinajstić information content (AvgIpc) is 3.06. The van der Waals surface area contributed by atoms with Crippen LogP contribution in [0.15, 0.2) is 24.3 Å². The molecule has 0 aromatic heterocycles. The summed E-state index contributed by atoms with van der Waals surface area (Å²) in [6.07, 6.45) is -3.22. The molecule has 0 spiro atoms. The normalized spacial score (nSPS) is 33.4. The Hall–Kier alpha value is -1.11. The fourth-order valence-corrected chi connectivity index (χ4v) is 3.67. The van der Waals surface area contributed by atoms with Crippen LogP contribution in [0, 0.1) is 5.41 Å². The summed E-state index contributed by atoms with van der Waals surface area (Å²) in [4.78, 5) is 0. The van der Waals surface area contributed by atoms with Gasteiger partial charge in [0.05, 0.1) is 23.9 Å². The van der Waals surface area contributed by atoms with Gasteiger partial charge >= 0.3 is 6.18 Å². The maximum atomic E-state index is 12.8. The van der Waals surface area contributed by atoms with Crippen LogP contribution in [-0.2, 0) is 10.9 Å². The summed E-state index contributed by atoms with van der Waals surface area (Å²) < 4.78 is 44.2. The van der Waals surface area contributed by atoms with Crippen molar-refractivity contribution in [1.29, 1.82) is 0 Å². The molecular weight excluding hydrogens is 283 g/mol. The fraction of sp³-hybridized carbons (Fsp3) is 0.600. The van der Waals surface area contributed by atoms with Crippen LogP contribution in [0.4, 0.5) is 13.2 Å². The Balaban J connectivity index is 1.93. The van der Waals surface area contributed by atoms with Gasteiger partial charge in [0, 0.05) is 12.0 Å². The van der Waals surface area contributed by atoms with E-state index in [1.165, 1.54) is 12.1 Å². The van der Waals surface area contributed by atoms with Gasteiger partial charge in [-0.1, -0.05) is 12.1 Å². The second-order valence-corrected chi connectivity index (χ2v) is 5.99. The molecule has 3 nitrogen and oxygen atoms in total. The Kier molecular flexibility index (Phi) is 3.50. The lowest BCUT2D eigenvalue weighted by atomic mass is 9.68. The van der Waals surface area contributed by atoms with E-state index < -0.39 is 23.3 Å². The molecule has 2 bridgehead atoms. The third-order valence-corrected chi connectivity index (χ3v) is 4.81. The molecule has 2 fully saturated rings. The van der Waals surface area contributed by atoms with E-state index in [0.717, 1.165) is 25.0 Å². The van der Waals surface area contributed by atoms with Crippen molar-refractivity contribution in [2.24, 2.45) is 11.1 Å². The largest absolute Gasteiger partial charge is 0.416 e. The zero-order valence-electron chi connectivity index (χ0n) is 11.4. The lowest BCUT2D eigenvalue weighted by Crippen LogP contribution is -2.44. The van der Waals surface area contributed by atoms with Crippen molar-refractivity contribution < 1.29 is 23.0 Å². The molecule has 2 heterocycles. The van der Waals surface area contributed by atoms with Gasteiger partial charge in [-0.3, -0.25) is 0 Å². The van der Waals surface area contributed by atoms with Crippen LogP contribution in [0.25, 0.3) is 0 Å². The topological polar surface area (TPSA) is 55.5 Å². The van der Waals surface area contributed by atoms with Crippen LogP contribution < -0.4 is 5.73 Å². The molecule has 0 radical (unpaired) electrons. The highest BCUT2D eigenvalue weighted by molar-refractivity contribution is 5.29. The van der Waals surface area contributed by atoms with Crippen molar-refractivity contribution in [3.05, 3.63) is 35.4 Å². The molecule has 3 rings (SSSR count). The van der Waals surface area contributed by atoms with Crippen LogP contribution in [0.1, 0.15) is 36.5 Å². The lowest BCUT2D eigenvalue weighted by molar-refractivity contribution is -0.137. The first-order valence-corrected chi connectivity index (χ1v) is 7.07. The quantitative estimate of drug-likeness (QED) is 0.902. The molecule has 2 saturated heterocycles. The van der Waals surface area contributed by atoms with Crippen LogP contribution in [0.5, 0.6) is 0 Å². The Morgan fingerprint density at radius 3 is 2.67 bits per heavy atom. The molecular formula is C15H18F3NO2. The number of aliphatic hydroxyl groups excluding tert-OH is 1. The number of nitrogens with two attached hydrogens (primary N) is 1. The van der Waals surface area contributed by atoms with E-state index in [2.05, 4.69) is 0 Å². The third-order valence-electron chi connectivity index (χ3n) is 4.81. The minimum atomic E-state index is -4.42. The number of aliphatic hydroxyl groups is 1. The van der Waals surface area contributed by atoms with E-state index in [1.54, 1.807) is 0 Å². The van der Waals surface area contributed by atoms with Gasteiger partial charge in [-0.15, -0.1) is 0 Å². The Bertz CT molecular complexity index is 534. The SMILES string of the molecule is NCC1(C(O)c2cccc(C(F)(F)F)c2)CC2CCC1O2. The molecule has 0 aliphatic carbocycles. The first-order chi connectivity index (χ1) is 9.87. The highest BCUT2D eigenvalue weighted by atomic mass is 19.4. The van der Waals surface area contributed by atoms with Crippen LogP contribution in [0.3, 0.4) is 0 Å². The second-order valence-electron chi connectivity index (χ2n) is 5.99. The molecule has 2 aliphatic rings. The number of rotatable bonds is 3. The summed E-state index contributed by atoms with van der Waals surface area (Å²) >= 11 is 0. The van der Waals surface area contributed by atoms with E-state index in [-0.39, 0.29) is 24.3 Å². The van der Waals surface area contributed by atoms with Gasteiger partial charge in [-0.05, 0) is 37.0 Å². The molecule has 0 amide bonds. The highest BCUT2D eigenvalue weighted by Crippen LogP contribution is 2.53. The van der Waals surface area contributed by atoms with E-state index in [0.29, 0.717) is 6.42 Å². The third kappa shape index (κ3) is 2.35. The van der Waals surface area contributed by atoms with Gasteiger partial charge in [-0.2, -0.15) is 13.2 Å². The molecule has 6 heteroatoms. The first-order valence-electron chi connectivity index (χ1n) is 7.07. The average molecular weight is 301 g/mol. The molecule has 21 heavy (non-hydrogen) atoms. The van der Waals surface area contributed by atoms with Crippen molar-refractivity contribution in [3.8, 4) is 0 Å². The summed E-state index contributed by atoms with van der Waals surface area (Å²) in [5, 5.41) is 10.7. The number of benzene rings is 1. The predicted octanol–water partition coefficient (Wildman–Crippen LogP) is 2.64. The van der Waals surface area contributed by atoms with E-state index >= 15 is 0 Å². The first kappa shape index (κ1) is 14.8. The molecule has 3 N–H and O–H groups in total. The van der Waals surface area contributed by atoms with E-state index in [9.17, 15) is 18.3 Å². The number of hydrogen-bond donors (Lipinski definition) is 2.